The van der Waals surface area contributed by atoms with Gasteiger partial charge < -0.3 is 0 Å². The molecule has 0 saturated carbocycles. The van der Waals surface area contributed by atoms with E-state index >= 15 is 0 Å². The first-order valence-electron chi connectivity index (χ1n) is 6.65. The number of pyridine rings is 1. The van der Waals surface area contributed by atoms with Crippen LogP contribution in [0.25, 0.3) is 22.2 Å². The molecule has 3 heteroatoms. The molecule has 3 aromatic rings. The summed E-state index contributed by atoms with van der Waals surface area (Å²) in [5.74, 6) is 0. The number of fused-ring (bicyclic) bond motifs is 1. The van der Waals surface area contributed by atoms with Gasteiger partial charge in [-0.3, -0.25) is 4.68 Å². The van der Waals surface area contributed by atoms with E-state index in [-0.39, 0.29) is 0 Å². The minimum atomic E-state index is 1.01. The average Bonchev–Trinajstić information content (AvgIpc) is 2.86. The lowest BCUT2D eigenvalue weighted by molar-refractivity contribution is 0.768. The highest BCUT2D eigenvalue weighted by Crippen LogP contribution is 2.25. The van der Waals surface area contributed by atoms with E-state index in [0.29, 0.717) is 0 Å². The van der Waals surface area contributed by atoms with Crippen molar-refractivity contribution in [2.24, 2.45) is 7.05 Å². The summed E-state index contributed by atoms with van der Waals surface area (Å²) >= 11 is 0. The Labute approximate surface area is 112 Å². The monoisotopic (exact) mass is 251 g/mol. The van der Waals surface area contributed by atoms with Crippen LogP contribution in [0.1, 0.15) is 18.9 Å². The minimum Gasteiger partial charge on any atom is -0.275 e. The highest BCUT2D eigenvalue weighted by Gasteiger charge is 2.08. The first kappa shape index (κ1) is 11.9. The molecule has 0 N–H and O–H groups in total. The summed E-state index contributed by atoms with van der Waals surface area (Å²) in [6.07, 6.45) is 6.09. The lowest BCUT2D eigenvalue weighted by atomic mass is 10.0. The van der Waals surface area contributed by atoms with Crippen LogP contribution in [0.2, 0.25) is 0 Å². The SMILES string of the molecule is CCCc1cc(-c2cnn(C)c2)nc2ccccc12. The molecule has 3 nitrogen and oxygen atoms in total. The summed E-state index contributed by atoms with van der Waals surface area (Å²) in [5.41, 5.74) is 4.51. The second-order valence-corrected chi connectivity index (χ2v) is 4.84. The summed E-state index contributed by atoms with van der Waals surface area (Å²) in [6.45, 7) is 2.21. The van der Waals surface area contributed by atoms with E-state index in [1.807, 2.05) is 30.2 Å². The lowest BCUT2D eigenvalue weighted by Gasteiger charge is -2.07. The number of hydrogen-bond donors (Lipinski definition) is 0. The maximum Gasteiger partial charge on any atom is 0.0744 e. The fourth-order valence-electron chi connectivity index (χ4n) is 2.43. The number of nitrogens with zero attached hydrogens (tertiary/aromatic N) is 3. The van der Waals surface area contributed by atoms with Gasteiger partial charge >= 0.3 is 0 Å². The molecule has 1 aromatic carbocycles. The van der Waals surface area contributed by atoms with Crippen LogP contribution in [0.5, 0.6) is 0 Å². The molecule has 96 valence electrons. The minimum absolute atomic E-state index is 1.01. The molecule has 2 heterocycles. The van der Waals surface area contributed by atoms with E-state index in [1.165, 1.54) is 10.9 Å². The molecule has 19 heavy (non-hydrogen) atoms. The summed E-state index contributed by atoms with van der Waals surface area (Å²) in [7, 11) is 1.93. The number of aryl methyl sites for hydroxylation is 2. The predicted molar refractivity (Wildman–Crippen MR) is 77.9 cm³/mol. The third-order valence-electron chi connectivity index (χ3n) is 3.32. The fraction of sp³-hybridized carbons (Fsp3) is 0.250. The van der Waals surface area contributed by atoms with Gasteiger partial charge in [0.15, 0.2) is 0 Å². The molecule has 0 aliphatic heterocycles. The zero-order valence-electron chi connectivity index (χ0n) is 11.3. The lowest BCUT2D eigenvalue weighted by Crippen LogP contribution is -1.92. The van der Waals surface area contributed by atoms with Crippen LogP contribution in [0.4, 0.5) is 0 Å². The van der Waals surface area contributed by atoms with Crippen molar-refractivity contribution in [3.8, 4) is 11.3 Å². The van der Waals surface area contributed by atoms with Gasteiger partial charge in [0.25, 0.3) is 0 Å². The molecule has 0 saturated heterocycles. The van der Waals surface area contributed by atoms with E-state index in [1.54, 1.807) is 0 Å². The van der Waals surface area contributed by atoms with Crippen LogP contribution >= 0.6 is 0 Å². The normalized spacial score (nSPS) is 11.1. The summed E-state index contributed by atoms with van der Waals surface area (Å²) < 4.78 is 1.81. The van der Waals surface area contributed by atoms with Crippen molar-refractivity contribution in [2.75, 3.05) is 0 Å². The molecule has 2 aromatic heterocycles. The topological polar surface area (TPSA) is 30.7 Å². The van der Waals surface area contributed by atoms with Crippen LogP contribution in [0.15, 0.2) is 42.7 Å². The molecular formula is C16H17N3. The Morgan fingerprint density at radius 3 is 2.79 bits per heavy atom. The largest absolute Gasteiger partial charge is 0.275 e. The second-order valence-electron chi connectivity index (χ2n) is 4.84. The molecule has 3 rings (SSSR count). The van der Waals surface area contributed by atoms with Crippen LogP contribution in [-0.4, -0.2) is 14.8 Å². The van der Waals surface area contributed by atoms with Crippen molar-refractivity contribution in [1.82, 2.24) is 14.8 Å². The van der Waals surface area contributed by atoms with E-state index in [9.17, 15) is 0 Å². The van der Waals surface area contributed by atoms with Crippen molar-refractivity contribution in [3.05, 3.63) is 48.3 Å². The molecule has 0 aliphatic carbocycles. The van der Waals surface area contributed by atoms with Gasteiger partial charge in [0.2, 0.25) is 0 Å². The Kier molecular flexibility index (Phi) is 3.03. The van der Waals surface area contributed by atoms with Crippen LogP contribution in [0, 0.1) is 0 Å². The molecular weight excluding hydrogens is 234 g/mol. The van der Waals surface area contributed by atoms with Gasteiger partial charge in [0.05, 0.1) is 17.4 Å². The maximum atomic E-state index is 4.75. The van der Waals surface area contributed by atoms with Crippen molar-refractivity contribution in [1.29, 1.82) is 0 Å². The molecule has 0 unspecified atom stereocenters. The number of aromatic nitrogens is 3. The van der Waals surface area contributed by atoms with E-state index in [0.717, 1.165) is 29.6 Å². The third-order valence-corrected chi connectivity index (χ3v) is 3.32. The Morgan fingerprint density at radius 1 is 1.21 bits per heavy atom. The maximum absolute atomic E-state index is 4.75. The van der Waals surface area contributed by atoms with Gasteiger partial charge in [-0.05, 0) is 24.1 Å². The first-order chi connectivity index (χ1) is 9.28. The highest BCUT2D eigenvalue weighted by atomic mass is 15.2. The number of para-hydroxylation sites is 1. The fourth-order valence-corrected chi connectivity index (χ4v) is 2.43. The summed E-state index contributed by atoms with van der Waals surface area (Å²) in [5, 5.41) is 5.49. The van der Waals surface area contributed by atoms with Crippen LogP contribution in [0.3, 0.4) is 0 Å². The van der Waals surface area contributed by atoms with Crippen molar-refractivity contribution in [3.63, 3.8) is 0 Å². The van der Waals surface area contributed by atoms with E-state index in [4.69, 9.17) is 4.98 Å². The van der Waals surface area contributed by atoms with Gasteiger partial charge in [0.1, 0.15) is 0 Å². The quantitative estimate of drug-likeness (QED) is 0.712. The number of benzene rings is 1. The molecule has 0 radical (unpaired) electrons. The standard InChI is InChI=1S/C16H17N3/c1-3-6-12-9-16(13-10-17-19(2)11-13)18-15-8-5-4-7-14(12)15/h4-5,7-11H,3,6H2,1-2H3. The molecule has 0 aliphatic rings. The first-order valence-corrected chi connectivity index (χ1v) is 6.65. The zero-order chi connectivity index (χ0) is 13.2. The summed E-state index contributed by atoms with van der Waals surface area (Å²) in [6, 6.07) is 10.5. The zero-order valence-corrected chi connectivity index (χ0v) is 11.3. The Hall–Kier alpha value is -2.16. The Balaban J connectivity index is 2.21. The van der Waals surface area contributed by atoms with Gasteiger partial charge in [-0.15, -0.1) is 0 Å². The van der Waals surface area contributed by atoms with Crippen molar-refractivity contribution < 1.29 is 0 Å². The van der Waals surface area contributed by atoms with Gasteiger partial charge in [-0.2, -0.15) is 5.10 Å². The predicted octanol–water partition coefficient (Wildman–Crippen LogP) is 3.59. The van der Waals surface area contributed by atoms with Crippen LogP contribution in [-0.2, 0) is 13.5 Å². The second kappa shape index (κ2) is 4.84. The molecule has 0 spiro atoms. The number of hydrogen-bond acceptors (Lipinski definition) is 2. The van der Waals surface area contributed by atoms with Gasteiger partial charge in [-0.1, -0.05) is 31.5 Å². The molecule has 0 bridgehead atoms. The molecule has 0 fully saturated rings. The average molecular weight is 251 g/mol. The van der Waals surface area contributed by atoms with Crippen molar-refractivity contribution >= 4 is 10.9 Å². The highest BCUT2D eigenvalue weighted by molar-refractivity contribution is 5.85. The molecule has 0 amide bonds. The van der Waals surface area contributed by atoms with Gasteiger partial charge in [-0.25, -0.2) is 4.98 Å². The summed E-state index contributed by atoms with van der Waals surface area (Å²) in [4.78, 5) is 4.75. The van der Waals surface area contributed by atoms with Crippen LogP contribution < -0.4 is 0 Å². The number of rotatable bonds is 3. The van der Waals surface area contributed by atoms with Gasteiger partial charge in [0, 0.05) is 24.2 Å². The smallest absolute Gasteiger partial charge is 0.0744 e. The Morgan fingerprint density at radius 2 is 2.05 bits per heavy atom. The third kappa shape index (κ3) is 2.24. The van der Waals surface area contributed by atoms with E-state index < -0.39 is 0 Å². The van der Waals surface area contributed by atoms with E-state index in [2.05, 4.69) is 36.3 Å². The Bertz CT molecular complexity index is 713. The van der Waals surface area contributed by atoms with Crippen molar-refractivity contribution in [2.45, 2.75) is 19.8 Å². The molecule has 0 atom stereocenters.